The average molecular weight is 305 g/mol. The van der Waals surface area contributed by atoms with E-state index < -0.39 is 23.9 Å². The summed E-state index contributed by atoms with van der Waals surface area (Å²) in [6.07, 6.45) is 0.396. The quantitative estimate of drug-likeness (QED) is 0.493. The predicted octanol–water partition coefficient (Wildman–Crippen LogP) is -0.561. The molecule has 2 unspecified atom stereocenters. The van der Waals surface area contributed by atoms with Gasteiger partial charge in [-0.1, -0.05) is 13.8 Å². The highest BCUT2D eigenvalue weighted by molar-refractivity contribution is 8.00. The Balaban J connectivity index is 0. The molecule has 0 bridgehead atoms. The van der Waals surface area contributed by atoms with Crippen LogP contribution in [-0.4, -0.2) is 47.6 Å². The Labute approximate surface area is 123 Å². The molecule has 0 aliphatic heterocycles. The van der Waals surface area contributed by atoms with E-state index in [-0.39, 0.29) is 17.3 Å². The molecule has 20 heavy (non-hydrogen) atoms. The first kappa shape index (κ1) is 20.7. The number of carbonyl (C=O) groups is 4. The first-order chi connectivity index (χ1) is 9.38. The maximum absolute atomic E-state index is 11.7. The Bertz CT molecular complexity index is 337. The molecule has 0 aromatic carbocycles. The van der Waals surface area contributed by atoms with Crippen molar-refractivity contribution in [1.82, 2.24) is 10.6 Å². The fourth-order valence-electron chi connectivity index (χ4n) is 0.987. The minimum absolute atomic E-state index is 0.0178. The van der Waals surface area contributed by atoms with E-state index in [1.54, 1.807) is 0 Å². The molecule has 0 saturated heterocycles. The number of hydrogen-bond donors (Lipinski definition) is 3. The highest BCUT2D eigenvalue weighted by Crippen LogP contribution is 2.03. The van der Waals surface area contributed by atoms with Gasteiger partial charge in [-0.2, -0.15) is 11.8 Å². The zero-order valence-electron chi connectivity index (χ0n) is 12.3. The van der Waals surface area contributed by atoms with Gasteiger partial charge in [-0.25, -0.2) is 0 Å². The predicted molar refractivity (Wildman–Crippen MR) is 79.1 cm³/mol. The van der Waals surface area contributed by atoms with Gasteiger partial charge in [-0.3, -0.25) is 19.2 Å². The number of primary amides is 1. The van der Waals surface area contributed by atoms with Crippen molar-refractivity contribution in [2.24, 2.45) is 5.73 Å². The number of amides is 3. The van der Waals surface area contributed by atoms with Crippen LogP contribution >= 0.6 is 11.8 Å². The number of hydrogen-bond acceptors (Lipinski definition) is 5. The molecule has 0 aliphatic carbocycles. The van der Waals surface area contributed by atoms with Gasteiger partial charge in [0.2, 0.25) is 18.2 Å². The lowest BCUT2D eigenvalue weighted by Crippen LogP contribution is -2.51. The molecule has 4 N–H and O–H groups in total. The average Bonchev–Trinajstić information content (AvgIpc) is 2.39. The van der Waals surface area contributed by atoms with Gasteiger partial charge in [0.15, 0.2) is 0 Å². The SMILES string of the molecule is CC.CC(=O)CSCC(NC=O)C(=O)NC(C)C(N)=O. The van der Waals surface area contributed by atoms with Crippen LogP contribution in [0.4, 0.5) is 0 Å². The zero-order chi connectivity index (χ0) is 16.1. The van der Waals surface area contributed by atoms with Gasteiger partial charge in [0.25, 0.3) is 0 Å². The van der Waals surface area contributed by atoms with Crippen LogP contribution in [0.2, 0.25) is 0 Å². The first-order valence-corrected chi connectivity index (χ1v) is 7.40. The van der Waals surface area contributed by atoms with Crippen molar-refractivity contribution in [2.45, 2.75) is 39.8 Å². The molecule has 0 fully saturated rings. The summed E-state index contributed by atoms with van der Waals surface area (Å²) in [4.78, 5) is 43.6. The van der Waals surface area contributed by atoms with Crippen LogP contribution in [-0.2, 0) is 19.2 Å². The number of Topliss-reactive ketones (excluding diaryl/α,β-unsaturated/α-hetero) is 1. The van der Waals surface area contributed by atoms with E-state index >= 15 is 0 Å². The van der Waals surface area contributed by atoms with Crippen LogP contribution < -0.4 is 16.4 Å². The topological polar surface area (TPSA) is 118 Å². The number of thioether (sulfide) groups is 1. The van der Waals surface area contributed by atoms with E-state index in [0.29, 0.717) is 6.41 Å². The lowest BCUT2D eigenvalue weighted by molar-refractivity contribution is -0.128. The normalized spacial score (nSPS) is 12.2. The Kier molecular flexibility index (Phi) is 12.9. The third-order valence-corrected chi connectivity index (χ3v) is 3.14. The van der Waals surface area contributed by atoms with E-state index in [9.17, 15) is 19.2 Å². The van der Waals surface area contributed by atoms with Crippen LogP contribution in [0.15, 0.2) is 0 Å². The third-order valence-electron chi connectivity index (χ3n) is 1.96. The summed E-state index contributed by atoms with van der Waals surface area (Å²) in [7, 11) is 0. The van der Waals surface area contributed by atoms with Crippen molar-refractivity contribution >= 4 is 35.8 Å². The van der Waals surface area contributed by atoms with Crippen LogP contribution in [0, 0.1) is 0 Å². The molecule has 0 radical (unpaired) electrons. The molecule has 0 heterocycles. The van der Waals surface area contributed by atoms with Gasteiger partial charge < -0.3 is 16.4 Å². The van der Waals surface area contributed by atoms with Crippen molar-refractivity contribution in [3.8, 4) is 0 Å². The summed E-state index contributed by atoms with van der Waals surface area (Å²) in [5, 5.41) is 4.69. The highest BCUT2D eigenvalue weighted by atomic mass is 32.2. The Morgan fingerprint density at radius 3 is 2.25 bits per heavy atom. The van der Waals surface area contributed by atoms with E-state index in [1.165, 1.54) is 25.6 Å². The van der Waals surface area contributed by atoms with Gasteiger partial charge in [0, 0.05) is 5.75 Å². The summed E-state index contributed by atoms with van der Waals surface area (Å²) in [5.74, 6) is -0.685. The molecule has 0 aromatic heterocycles. The molecule has 8 heteroatoms. The molecule has 2 atom stereocenters. The lowest BCUT2D eigenvalue weighted by atomic mass is 10.2. The van der Waals surface area contributed by atoms with Gasteiger partial charge in [0.05, 0.1) is 5.75 Å². The van der Waals surface area contributed by atoms with Gasteiger partial charge in [0.1, 0.15) is 17.9 Å². The van der Waals surface area contributed by atoms with Crippen LogP contribution in [0.1, 0.15) is 27.7 Å². The molecule has 3 amide bonds. The lowest BCUT2D eigenvalue weighted by Gasteiger charge is -2.17. The van der Waals surface area contributed by atoms with E-state index in [4.69, 9.17) is 5.73 Å². The van der Waals surface area contributed by atoms with Gasteiger partial charge in [-0.15, -0.1) is 0 Å². The molecule has 0 rings (SSSR count). The first-order valence-electron chi connectivity index (χ1n) is 6.25. The molecular formula is C12H23N3O4S. The Morgan fingerprint density at radius 1 is 1.30 bits per heavy atom. The minimum atomic E-state index is -0.814. The minimum Gasteiger partial charge on any atom is -0.368 e. The fourth-order valence-corrected chi connectivity index (χ4v) is 1.88. The monoisotopic (exact) mass is 305 g/mol. The molecule has 0 aliphatic rings. The number of rotatable bonds is 9. The van der Waals surface area contributed by atoms with E-state index in [1.807, 2.05) is 13.8 Å². The van der Waals surface area contributed by atoms with Gasteiger partial charge in [-0.05, 0) is 13.8 Å². The standard InChI is InChI=1S/C10H17N3O4S.C2H6/c1-6(15)3-18-4-8(12-5-14)10(17)13-7(2)9(11)16;1-2/h5,7-8H,3-4H2,1-2H3,(H2,11,16)(H,12,14)(H,13,17);1-2H3. The molecular weight excluding hydrogens is 282 g/mol. The second-order valence-corrected chi connectivity index (χ2v) is 4.72. The van der Waals surface area contributed by atoms with Crippen molar-refractivity contribution in [1.29, 1.82) is 0 Å². The summed E-state index contributed by atoms with van der Waals surface area (Å²) in [6.45, 7) is 6.88. The summed E-state index contributed by atoms with van der Waals surface area (Å²) in [6, 6.07) is -1.61. The molecule has 7 nitrogen and oxygen atoms in total. The van der Waals surface area contributed by atoms with Gasteiger partial charge >= 0.3 is 0 Å². The Hall–Kier alpha value is -1.57. The smallest absolute Gasteiger partial charge is 0.244 e. The molecule has 0 saturated carbocycles. The highest BCUT2D eigenvalue weighted by Gasteiger charge is 2.21. The summed E-state index contributed by atoms with van der Waals surface area (Å²) in [5.41, 5.74) is 5.00. The summed E-state index contributed by atoms with van der Waals surface area (Å²) >= 11 is 1.23. The molecule has 0 aromatic rings. The Morgan fingerprint density at radius 2 is 1.85 bits per heavy atom. The molecule has 0 spiro atoms. The maximum atomic E-state index is 11.7. The summed E-state index contributed by atoms with van der Waals surface area (Å²) < 4.78 is 0. The van der Waals surface area contributed by atoms with Crippen LogP contribution in [0.3, 0.4) is 0 Å². The maximum Gasteiger partial charge on any atom is 0.244 e. The number of nitrogens with two attached hydrogens (primary N) is 1. The van der Waals surface area contributed by atoms with Crippen LogP contribution in [0.25, 0.3) is 0 Å². The fraction of sp³-hybridized carbons (Fsp3) is 0.667. The van der Waals surface area contributed by atoms with E-state index in [0.717, 1.165) is 0 Å². The second-order valence-electron chi connectivity index (χ2n) is 3.69. The largest absolute Gasteiger partial charge is 0.368 e. The van der Waals surface area contributed by atoms with Crippen molar-refractivity contribution < 1.29 is 19.2 Å². The molecule has 116 valence electrons. The van der Waals surface area contributed by atoms with Crippen molar-refractivity contribution in [2.75, 3.05) is 11.5 Å². The number of nitrogens with one attached hydrogen (secondary N) is 2. The number of carbonyl (C=O) groups excluding carboxylic acids is 4. The van der Waals surface area contributed by atoms with Crippen molar-refractivity contribution in [3.63, 3.8) is 0 Å². The van der Waals surface area contributed by atoms with Crippen molar-refractivity contribution in [3.05, 3.63) is 0 Å². The third kappa shape index (κ3) is 10.4. The zero-order valence-corrected chi connectivity index (χ0v) is 13.1. The second kappa shape index (κ2) is 12.5. The van der Waals surface area contributed by atoms with E-state index in [2.05, 4.69) is 10.6 Å². The van der Waals surface area contributed by atoms with Crippen LogP contribution in [0.5, 0.6) is 0 Å². The number of ketones is 1.